The average molecular weight is 177 g/mol. The molecule has 1 fully saturated rings. The third-order valence-corrected chi connectivity index (χ3v) is 2.56. The van der Waals surface area contributed by atoms with E-state index in [1.807, 2.05) is 12.1 Å². The highest BCUT2D eigenvalue weighted by atomic mass is 16.5. The Morgan fingerprint density at radius 2 is 2.38 bits per heavy atom. The summed E-state index contributed by atoms with van der Waals surface area (Å²) in [6.07, 6.45) is 2.52. The van der Waals surface area contributed by atoms with Crippen molar-refractivity contribution in [1.82, 2.24) is 5.32 Å². The SMILES string of the molecule is COc1cccc([C@@H]2CCCN2)c1. The minimum absolute atomic E-state index is 0.537. The molecule has 2 nitrogen and oxygen atoms in total. The summed E-state index contributed by atoms with van der Waals surface area (Å²) in [5, 5.41) is 3.47. The van der Waals surface area contributed by atoms with Crippen molar-refractivity contribution in [3.8, 4) is 5.75 Å². The first kappa shape index (κ1) is 8.57. The number of benzene rings is 1. The molecule has 2 rings (SSSR count). The zero-order valence-corrected chi connectivity index (χ0v) is 7.92. The van der Waals surface area contributed by atoms with E-state index >= 15 is 0 Å². The Balaban J connectivity index is 2.18. The van der Waals surface area contributed by atoms with Gasteiger partial charge in [-0.05, 0) is 37.1 Å². The topological polar surface area (TPSA) is 21.3 Å². The van der Waals surface area contributed by atoms with Crippen LogP contribution in [-0.4, -0.2) is 13.7 Å². The first-order valence-corrected chi connectivity index (χ1v) is 4.77. The van der Waals surface area contributed by atoms with Crippen LogP contribution >= 0.6 is 0 Å². The predicted molar refractivity (Wildman–Crippen MR) is 53.0 cm³/mol. The van der Waals surface area contributed by atoms with Crippen molar-refractivity contribution in [2.75, 3.05) is 13.7 Å². The summed E-state index contributed by atoms with van der Waals surface area (Å²) in [4.78, 5) is 0. The van der Waals surface area contributed by atoms with Crippen molar-refractivity contribution in [2.24, 2.45) is 0 Å². The van der Waals surface area contributed by atoms with E-state index < -0.39 is 0 Å². The van der Waals surface area contributed by atoms with Crippen LogP contribution in [0.2, 0.25) is 0 Å². The summed E-state index contributed by atoms with van der Waals surface area (Å²) in [5.41, 5.74) is 1.34. The van der Waals surface area contributed by atoms with Crippen LogP contribution in [0, 0.1) is 0 Å². The molecule has 70 valence electrons. The van der Waals surface area contributed by atoms with Gasteiger partial charge < -0.3 is 10.1 Å². The van der Waals surface area contributed by atoms with Gasteiger partial charge in [0.15, 0.2) is 0 Å². The standard InChI is InChI=1S/C11H15NO/c1-13-10-5-2-4-9(8-10)11-6-3-7-12-11/h2,4-5,8,11-12H,3,6-7H2,1H3/t11-/m0/s1. The van der Waals surface area contributed by atoms with Crippen molar-refractivity contribution in [2.45, 2.75) is 18.9 Å². The fourth-order valence-corrected chi connectivity index (χ4v) is 1.83. The lowest BCUT2D eigenvalue weighted by molar-refractivity contribution is 0.413. The number of ether oxygens (including phenoxy) is 1. The summed E-state index contributed by atoms with van der Waals surface area (Å²) >= 11 is 0. The second kappa shape index (κ2) is 3.79. The van der Waals surface area contributed by atoms with Gasteiger partial charge in [-0.1, -0.05) is 12.1 Å². The Hall–Kier alpha value is -1.02. The van der Waals surface area contributed by atoms with Crippen LogP contribution < -0.4 is 10.1 Å². The van der Waals surface area contributed by atoms with Gasteiger partial charge in [0.05, 0.1) is 7.11 Å². The molecule has 0 amide bonds. The number of hydrogen-bond acceptors (Lipinski definition) is 2. The third-order valence-electron chi connectivity index (χ3n) is 2.56. The first-order chi connectivity index (χ1) is 6.40. The van der Waals surface area contributed by atoms with E-state index in [0.717, 1.165) is 12.3 Å². The fourth-order valence-electron chi connectivity index (χ4n) is 1.83. The minimum atomic E-state index is 0.537. The number of rotatable bonds is 2. The summed E-state index contributed by atoms with van der Waals surface area (Å²) in [6, 6.07) is 8.84. The molecule has 0 unspecified atom stereocenters. The highest BCUT2D eigenvalue weighted by molar-refractivity contribution is 5.30. The van der Waals surface area contributed by atoms with Gasteiger partial charge in [-0.2, -0.15) is 0 Å². The van der Waals surface area contributed by atoms with Crippen LogP contribution in [0.1, 0.15) is 24.4 Å². The minimum Gasteiger partial charge on any atom is -0.497 e. The van der Waals surface area contributed by atoms with Crippen molar-refractivity contribution in [3.63, 3.8) is 0 Å². The van der Waals surface area contributed by atoms with Crippen molar-refractivity contribution >= 4 is 0 Å². The molecule has 1 aromatic rings. The van der Waals surface area contributed by atoms with Gasteiger partial charge in [0.2, 0.25) is 0 Å². The Labute approximate surface area is 78.9 Å². The molecule has 1 saturated heterocycles. The van der Waals surface area contributed by atoms with Gasteiger partial charge in [-0.25, -0.2) is 0 Å². The van der Waals surface area contributed by atoms with Gasteiger partial charge in [0, 0.05) is 6.04 Å². The normalized spacial score (nSPS) is 21.8. The highest BCUT2D eigenvalue weighted by Crippen LogP contribution is 2.25. The number of methoxy groups -OCH3 is 1. The van der Waals surface area contributed by atoms with Gasteiger partial charge in [-0.3, -0.25) is 0 Å². The molecule has 0 aromatic heterocycles. The molecule has 2 heteroatoms. The van der Waals surface area contributed by atoms with E-state index in [0.29, 0.717) is 6.04 Å². The number of nitrogens with one attached hydrogen (secondary N) is 1. The fraction of sp³-hybridized carbons (Fsp3) is 0.455. The molecule has 0 bridgehead atoms. The molecule has 1 heterocycles. The molecule has 1 aromatic carbocycles. The maximum absolute atomic E-state index is 5.19. The maximum Gasteiger partial charge on any atom is 0.119 e. The summed E-state index contributed by atoms with van der Waals surface area (Å²) in [7, 11) is 1.71. The highest BCUT2D eigenvalue weighted by Gasteiger charge is 2.15. The Bertz CT molecular complexity index is 279. The van der Waals surface area contributed by atoms with Gasteiger partial charge in [0.1, 0.15) is 5.75 Å². The van der Waals surface area contributed by atoms with Crippen molar-refractivity contribution < 1.29 is 4.74 Å². The summed E-state index contributed by atoms with van der Waals surface area (Å²) in [5.74, 6) is 0.950. The van der Waals surface area contributed by atoms with Crippen LogP contribution in [0.5, 0.6) is 5.75 Å². The molecule has 0 saturated carbocycles. The largest absolute Gasteiger partial charge is 0.497 e. The second-order valence-electron chi connectivity index (χ2n) is 3.43. The molecule has 1 N–H and O–H groups in total. The van der Waals surface area contributed by atoms with Crippen molar-refractivity contribution in [1.29, 1.82) is 0 Å². The van der Waals surface area contributed by atoms with Crippen LogP contribution in [0.3, 0.4) is 0 Å². The monoisotopic (exact) mass is 177 g/mol. The second-order valence-corrected chi connectivity index (χ2v) is 3.43. The molecule has 0 radical (unpaired) electrons. The molecule has 1 atom stereocenters. The van der Waals surface area contributed by atoms with Crippen LogP contribution in [0.15, 0.2) is 24.3 Å². The van der Waals surface area contributed by atoms with E-state index in [1.54, 1.807) is 7.11 Å². The van der Waals surface area contributed by atoms with Gasteiger partial charge in [0.25, 0.3) is 0 Å². The van der Waals surface area contributed by atoms with E-state index in [1.165, 1.54) is 18.4 Å². The zero-order valence-electron chi connectivity index (χ0n) is 7.92. The maximum atomic E-state index is 5.19. The average Bonchev–Trinajstić information content (AvgIpc) is 2.71. The smallest absolute Gasteiger partial charge is 0.119 e. The van der Waals surface area contributed by atoms with E-state index in [2.05, 4.69) is 17.4 Å². The quantitative estimate of drug-likeness (QED) is 0.747. The lowest BCUT2D eigenvalue weighted by atomic mass is 10.1. The Kier molecular flexibility index (Phi) is 2.50. The summed E-state index contributed by atoms with van der Waals surface area (Å²) < 4.78 is 5.19. The zero-order chi connectivity index (χ0) is 9.10. The molecule has 13 heavy (non-hydrogen) atoms. The Morgan fingerprint density at radius 1 is 1.46 bits per heavy atom. The molecule has 0 spiro atoms. The van der Waals surface area contributed by atoms with Gasteiger partial charge >= 0.3 is 0 Å². The predicted octanol–water partition coefficient (Wildman–Crippen LogP) is 2.12. The van der Waals surface area contributed by atoms with Crippen molar-refractivity contribution in [3.05, 3.63) is 29.8 Å². The molecule has 1 aliphatic heterocycles. The van der Waals surface area contributed by atoms with Gasteiger partial charge in [-0.15, -0.1) is 0 Å². The number of hydrogen-bond donors (Lipinski definition) is 1. The van der Waals surface area contributed by atoms with E-state index in [9.17, 15) is 0 Å². The molecule has 0 aliphatic carbocycles. The molecular weight excluding hydrogens is 162 g/mol. The molecular formula is C11H15NO. The van der Waals surface area contributed by atoms with E-state index in [4.69, 9.17) is 4.74 Å². The lowest BCUT2D eigenvalue weighted by Gasteiger charge is -2.11. The van der Waals surface area contributed by atoms with Crippen LogP contribution in [0.4, 0.5) is 0 Å². The summed E-state index contributed by atoms with van der Waals surface area (Å²) in [6.45, 7) is 1.14. The third kappa shape index (κ3) is 1.83. The lowest BCUT2D eigenvalue weighted by Crippen LogP contribution is -2.12. The first-order valence-electron chi connectivity index (χ1n) is 4.77. The van der Waals surface area contributed by atoms with Crippen LogP contribution in [0.25, 0.3) is 0 Å². The Morgan fingerprint density at radius 3 is 3.08 bits per heavy atom. The molecule has 1 aliphatic rings. The van der Waals surface area contributed by atoms with E-state index in [-0.39, 0.29) is 0 Å². The van der Waals surface area contributed by atoms with Crippen LogP contribution in [-0.2, 0) is 0 Å².